The summed E-state index contributed by atoms with van der Waals surface area (Å²) in [7, 11) is 4.30. The van der Waals surface area contributed by atoms with Crippen molar-refractivity contribution in [3.63, 3.8) is 0 Å². The average molecular weight is 367 g/mol. The van der Waals surface area contributed by atoms with Gasteiger partial charge in [-0.1, -0.05) is 6.07 Å². The van der Waals surface area contributed by atoms with Gasteiger partial charge < -0.3 is 16.0 Å². The standard InChI is InChI=1S/C21H29N5O/c1-13(22)20(14(2)27)15-5-10-19-18(11-15)21(24-12-23-19)25-16-6-8-17(9-7-16)26(3)4/h5,10-12,16-17H,6-9,22H2,1-4H3,(H,23,24,25). The Bertz CT molecular complexity index is 862. The Morgan fingerprint density at radius 2 is 1.85 bits per heavy atom. The fraction of sp³-hybridized carbons (Fsp3) is 0.476. The summed E-state index contributed by atoms with van der Waals surface area (Å²) in [6, 6.07) is 6.85. The minimum Gasteiger partial charge on any atom is -0.402 e. The van der Waals surface area contributed by atoms with Crippen molar-refractivity contribution in [2.75, 3.05) is 19.4 Å². The van der Waals surface area contributed by atoms with Crippen LogP contribution < -0.4 is 11.1 Å². The Morgan fingerprint density at radius 1 is 1.15 bits per heavy atom. The lowest BCUT2D eigenvalue weighted by molar-refractivity contribution is -0.111. The zero-order chi connectivity index (χ0) is 19.6. The molecule has 1 aliphatic rings. The van der Waals surface area contributed by atoms with Gasteiger partial charge in [-0.2, -0.15) is 0 Å². The molecule has 27 heavy (non-hydrogen) atoms. The molecule has 1 aromatic heterocycles. The Morgan fingerprint density at radius 3 is 2.44 bits per heavy atom. The van der Waals surface area contributed by atoms with Gasteiger partial charge in [0.25, 0.3) is 0 Å². The lowest BCUT2D eigenvalue weighted by atomic mass is 9.90. The van der Waals surface area contributed by atoms with E-state index in [-0.39, 0.29) is 5.78 Å². The van der Waals surface area contributed by atoms with Gasteiger partial charge in [-0.05, 0) is 71.3 Å². The monoisotopic (exact) mass is 367 g/mol. The number of hydrogen-bond acceptors (Lipinski definition) is 6. The highest BCUT2D eigenvalue weighted by Gasteiger charge is 2.23. The van der Waals surface area contributed by atoms with E-state index in [1.165, 1.54) is 12.8 Å². The maximum absolute atomic E-state index is 12.0. The van der Waals surface area contributed by atoms with Gasteiger partial charge in [0.1, 0.15) is 12.1 Å². The summed E-state index contributed by atoms with van der Waals surface area (Å²) >= 11 is 0. The lowest BCUT2D eigenvalue weighted by Crippen LogP contribution is -2.36. The van der Waals surface area contributed by atoms with E-state index in [4.69, 9.17) is 5.73 Å². The molecule has 0 amide bonds. The molecule has 0 aliphatic heterocycles. The third-order valence-electron chi connectivity index (χ3n) is 5.44. The predicted molar refractivity (Wildman–Crippen MR) is 110 cm³/mol. The molecule has 0 atom stereocenters. The first-order valence-corrected chi connectivity index (χ1v) is 9.52. The number of aromatic nitrogens is 2. The molecular weight excluding hydrogens is 338 g/mol. The molecule has 2 aromatic rings. The number of fused-ring (bicyclic) bond motifs is 1. The van der Waals surface area contributed by atoms with Crippen LogP contribution in [0.5, 0.6) is 0 Å². The second-order valence-corrected chi connectivity index (χ2v) is 7.68. The summed E-state index contributed by atoms with van der Waals surface area (Å²) < 4.78 is 0. The normalized spacial score (nSPS) is 21.2. The van der Waals surface area contributed by atoms with Gasteiger partial charge in [-0.3, -0.25) is 4.79 Å². The zero-order valence-electron chi connectivity index (χ0n) is 16.6. The first kappa shape index (κ1) is 19.3. The highest BCUT2D eigenvalue weighted by atomic mass is 16.1. The Labute approximate surface area is 160 Å². The van der Waals surface area contributed by atoms with Crippen LogP contribution in [-0.4, -0.2) is 46.8 Å². The number of nitrogens with one attached hydrogen (secondary N) is 1. The molecule has 3 rings (SSSR count). The van der Waals surface area contributed by atoms with Crippen LogP contribution in [0.4, 0.5) is 5.82 Å². The van der Waals surface area contributed by atoms with Crippen molar-refractivity contribution < 1.29 is 4.79 Å². The number of anilines is 1. The quantitative estimate of drug-likeness (QED) is 0.790. The molecule has 1 aliphatic carbocycles. The largest absolute Gasteiger partial charge is 0.402 e. The first-order chi connectivity index (χ1) is 12.9. The number of nitrogens with zero attached hydrogens (tertiary/aromatic N) is 3. The Kier molecular flexibility index (Phi) is 5.75. The van der Waals surface area contributed by atoms with E-state index in [1.807, 2.05) is 18.2 Å². The lowest BCUT2D eigenvalue weighted by Gasteiger charge is -2.33. The number of Topliss-reactive ketones (excluding diaryl/α,β-unsaturated/α-hetero) is 1. The maximum atomic E-state index is 12.0. The van der Waals surface area contributed by atoms with E-state index >= 15 is 0 Å². The van der Waals surface area contributed by atoms with Crippen LogP contribution in [0, 0.1) is 0 Å². The van der Waals surface area contributed by atoms with Crippen LogP contribution in [0.15, 0.2) is 30.2 Å². The fourth-order valence-corrected chi connectivity index (χ4v) is 3.97. The Balaban J connectivity index is 1.89. The number of benzene rings is 1. The molecule has 1 heterocycles. The summed E-state index contributed by atoms with van der Waals surface area (Å²) in [6.07, 6.45) is 6.19. The van der Waals surface area contributed by atoms with Gasteiger partial charge in [0.2, 0.25) is 0 Å². The van der Waals surface area contributed by atoms with E-state index < -0.39 is 0 Å². The first-order valence-electron chi connectivity index (χ1n) is 9.52. The second-order valence-electron chi connectivity index (χ2n) is 7.68. The number of ketones is 1. The van der Waals surface area contributed by atoms with E-state index in [0.29, 0.717) is 23.4 Å². The van der Waals surface area contributed by atoms with E-state index in [0.717, 1.165) is 35.1 Å². The fourth-order valence-electron chi connectivity index (χ4n) is 3.97. The number of rotatable bonds is 5. The molecule has 0 radical (unpaired) electrons. The van der Waals surface area contributed by atoms with Crippen molar-refractivity contribution in [1.82, 2.24) is 14.9 Å². The van der Waals surface area contributed by atoms with Crippen molar-refractivity contribution in [3.8, 4) is 0 Å². The molecular formula is C21H29N5O. The molecule has 6 heteroatoms. The van der Waals surface area contributed by atoms with Gasteiger partial charge in [0, 0.05) is 28.7 Å². The molecule has 144 valence electrons. The van der Waals surface area contributed by atoms with Gasteiger partial charge in [0.15, 0.2) is 5.78 Å². The van der Waals surface area contributed by atoms with Crippen LogP contribution >= 0.6 is 0 Å². The number of allylic oxidation sites excluding steroid dienone is 2. The van der Waals surface area contributed by atoms with Crippen LogP contribution in [-0.2, 0) is 4.79 Å². The molecule has 0 bridgehead atoms. The minimum absolute atomic E-state index is 0.0392. The van der Waals surface area contributed by atoms with Crippen LogP contribution in [0.3, 0.4) is 0 Å². The van der Waals surface area contributed by atoms with Crippen molar-refractivity contribution >= 4 is 28.1 Å². The molecule has 1 aromatic carbocycles. The molecule has 0 unspecified atom stereocenters. The van der Waals surface area contributed by atoms with Gasteiger partial charge in [-0.25, -0.2) is 9.97 Å². The average Bonchev–Trinajstić information content (AvgIpc) is 2.62. The molecule has 0 spiro atoms. The molecule has 0 saturated heterocycles. The van der Waals surface area contributed by atoms with Crippen molar-refractivity contribution in [2.24, 2.45) is 5.73 Å². The number of carbonyl (C=O) groups excluding carboxylic acids is 1. The van der Waals surface area contributed by atoms with Crippen molar-refractivity contribution in [1.29, 1.82) is 0 Å². The van der Waals surface area contributed by atoms with Crippen LogP contribution in [0.1, 0.15) is 45.1 Å². The highest BCUT2D eigenvalue weighted by Crippen LogP contribution is 2.29. The molecule has 1 saturated carbocycles. The van der Waals surface area contributed by atoms with Crippen LogP contribution in [0.2, 0.25) is 0 Å². The van der Waals surface area contributed by atoms with E-state index in [1.54, 1.807) is 20.2 Å². The number of hydrogen-bond donors (Lipinski definition) is 2. The molecule has 1 fully saturated rings. The summed E-state index contributed by atoms with van der Waals surface area (Å²) in [6.45, 7) is 3.30. The van der Waals surface area contributed by atoms with Crippen molar-refractivity contribution in [2.45, 2.75) is 51.6 Å². The van der Waals surface area contributed by atoms with Gasteiger partial charge >= 0.3 is 0 Å². The third kappa shape index (κ3) is 4.27. The summed E-state index contributed by atoms with van der Waals surface area (Å²) in [4.78, 5) is 23.2. The summed E-state index contributed by atoms with van der Waals surface area (Å²) in [5.74, 6) is 0.787. The highest BCUT2D eigenvalue weighted by molar-refractivity contribution is 6.20. The van der Waals surface area contributed by atoms with Crippen molar-refractivity contribution in [3.05, 3.63) is 35.8 Å². The van der Waals surface area contributed by atoms with Crippen LogP contribution in [0.25, 0.3) is 16.5 Å². The van der Waals surface area contributed by atoms with Gasteiger partial charge in [-0.15, -0.1) is 0 Å². The number of nitrogens with two attached hydrogens (primary N) is 1. The topological polar surface area (TPSA) is 84.1 Å². The summed E-state index contributed by atoms with van der Waals surface area (Å²) in [5.41, 5.74) is 8.69. The SMILES string of the molecule is CC(=O)C(=C(C)N)c1ccc2ncnc(NC3CCC(N(C)C)CC3)c2c1. The van der Waals surface area contributed by atoms with E-state index in [2.05, 4.69) is 34.3 Å². The Hall–Kier alpha value is -2.47. The van der Waals surface area contributed by atoms with Gasteiger partial charge in [0.05, 0.1) is 5.52 Å². The summed E-state index contributed by atoms with van der Waals surface area (Å²) in [5, 5.41) is 4.53. The number of carbonyl (C=O) groups is 1. The zero-order valence-corrected chi connectivity index (χ0v) is 16.6. The minimum atomic E-state index is -0.0392. The van der Waals surface area contributed by atoms with E-state index in [9.17, 15) is 4.79 Å². The third-order valence-corrected chi connectivity index (χ3v) is 5.44. The maximum Gasteiger partial charge on any atom is 0.162 e. The smallest absolute Gasteiger partial charge is 0.162 e. The molecule has 3 N–H and O–H groups in total. The predicted octanol–water partition coefficient (Wildman–Crippen LogP) is 3.19. The second kappa shape index (κ2) is 8.05. The molecule has 6 nitrogen and oxygen atoms in total.